The summed E-state index contributed by atoms with van der Waals surface area (Å²) >= 11 is 5.40. The summed E-state index contributed by atoms with van der Waals surface area (Å²) in [6.07, 6.45) is 1.79. The van der Waals surface area contributed by atoms with Gasteiger partial charge in [0.2, 0.25) is 5.82 Å². The van der Waals surface area contributed by atoms with Crippen LogP contribution in [0.5, 0.6) is 0 Å². The zero-order valence-corrected chi connectivity index (χ0v) is 10.8. The van der Waals surface area contributed by atoms with E-state index in [9.17, 15) is 14.0 Å². The molecule has 1 saturated heterocycles. The zero-order chi connectivity index (χ0) is 13.3. The number of H-pyrrole nitrogens is 1. The lowest BCUT2D eigenvalue weighted by atomic mass is 9.97. The Bertz CT molecular complexity index is 546. The summed E-state index contributed by atoms with van der Waals surface area (Å²) in [4.78, 5) is 27.5. The van der Waals surface area contributed by atoms with Gasteiger partial charge in [-0.1, -0.05) is 11.6 Å². The van der Waals surface area contributed by atoms with Gasteiger partial charge in [-0.3, -0.25) is 14.3 Å². The first-order valence-corrected chi connectivity index (χ1v) is 6.23. The second-order valence-corrected chi connectivity index (χ2v) is 5.10. The lowest BCUT2D eigenvalue weighted by Crippen LogP contribution is -2.41. The van der Waals surface area contributed by atoms with Crippen molar-refractivity contribution in [2.45, 2.75) is 19.4 Å². The second-order valence-electron chi connectivity index (χ2n) is 4.72. The van der Waals surface area contributed by atoms with Gasteiger partial charge in [0.1, 0.15) is 0 Å². The number of hydrogen-bond acceptors (Lipinski definition) is 3. The quantitative estimate of drug-likeness (QED) is 0.807. The van der Waals surface area contributed by atoms with Crippen LogP contribution in [0.1, 0.15) is 12.8 Å². The Morgan fingerprint density at radius 1 is 1.39 bits per heavy atom. The molecule has 100 valence electrons. The molecule has 0 unspecified atom stereocenters. The summed E-state index contributed by atoms with van der Waals surface area (Å²) in [5.74, 6) is -0.871. The number of halogens is 2. The highest BCUT2D eigenvalue weighted by atomic mass is 35.5. The van der Waals surface area contributed by atoms with E-state index >= 15 is 0 Å². The molecule has 1 N–H and O–H groups in total. The Balaban J connectivity index is 2.22. The average Bonchev–Trinajstić information content (AvgIpc) is 2.34. The topological polar surface area (TPSA) is 58.1 Å². The van der Waals surface area contributed by atoms with E-state index in [0.717, 1.165) is 30.5 Å². The molecule has 0 radical (unpaired) electrons. The molecule has 2 heterocycles. The number of likely N-dealkylation sites (tertiary alicyclic amines) is 1. The van der Waals surface area contributed by atoms with Crippen molar-refractivity contribution in [3.05, 3.63) is 31.8 Å². The Morgan fingerprint density at radius 2 is 2.00 bits per heavy atom. The predicted molar refractivity (Wildman–Crippen MR) is 66.5 cm³/mol. The molecule has 0 bridgehead atoms. The minimum atomic E-state index is -1.09. The molecular formula is C11H15ClFN3O2. The van der Waals surface area contributed by atoms with Crippen molar-refractivity contribution in [2.24, 2.45) is 5.92 Å². The molecule has 1 fully saturated rings. The van der Waals surface area contributed by atoms with Crippen molar-refractivity contribution < 1.29 is 4.39 Å². The summed E-state index contributed by atoms with van der Waals surface area (Å²) in [6, 6.07) is 0. The van der Waals surface area contributed by atoms with E-state index in [2.05, 4.69) is 9.88 Å². The Kier molecular flexibility index (Phi) is 3.87. The lowest BCUT2D eigenvalue weighted by molar-refractivity contribution is 0.202. The molecule has 1 aromatic rings. The lowest BCUT2D eigenvalue weighted by Gasteiger charge is -2.28. The highest BCUT2D eigenvalue weighted by molar-refractivity contribution is 6.29. The highest BCUT2D eigenvalue weighted by Crippen LogP contribution is 2.16. The Morgan fingerprint density at radius 3 is 2.61 bits per heavy atom. The molecule has 0 saturated carbocycles. The van der Waals surface area contributed by atoms with Crippen molar-refractivity contribution in [3.63, 3.8) is 0 Å². The normalized spacial score (nSPS) is 18.2. The number of piperidine rings is 1. The number of rotatable bonds is 2. The van der Waals surface area contributed by atoms with Gasteiger partial charge in [0.25, 0.3) is 5.56 Å². The van der Waals surface area contributed by atoms with Crippen molar-refractivity contribution in [1.29, 1.82) is 0 Å². The number of hydrogen-bond donors (Lipinski definition) is 1. The van der Waals surface area contributed by atoms with Crippen LogP contribution in [0.15, 0.2) is 9.59 Å². The largest absolute Gasteiger partial charge is 0.329 e. The first-order chi connectivity index (χ1) is 8.49. The third kappa shape index (κ3) is 2.64. The van der Waals surface area contributed by atoms with Gasteiger partial charge in [0.15, 0.2) is 5.15 Å². The highest BCUT2D eigenvalue weighted by Gasteiger charge is 2.20. The van der Waals surface area contributed by atoms with Crippen LogP contribution in [0.2, 0.25) is 5.15 Å². The smallest absolute Gasteiger partial charge is 0.306 e. The standard InChI is InChI=1S/C11H15ClFN3O2/c1-15-4-2-7(3-5-15)6-16-10(17)8(13)9(12)14-11(16)18/h7H,2-6H2,1H3,(H,14,18). The number of aromatic amines is 1. The third-order valence-corrected chi connectivity index (χ3v) is 3.63. The molecule has 0 atom stereocenters. The maximum absolute atomic E-state index is 13.3. The van der Waals surface area contributed by atoms with Gasteiger partial charge in [-0.05, 0) is 38.9 Å². The molecule has 1 aliphatic rings. The van der Waals surface area contributed by atoms with Gasteiger partial charge in [0, 0.05) is 6.54 Å². The Labute approximate surface area is 108 Å². The number of aromatic nitrogens is 2. The van der Waals surface area contributed by atoms with Crippen LogP contribution in [-0.2, 0) is 6.54 Å². The summed E-state index contributed by atoms with van der Waals surface area (Å²) in [7, 11) is 2.02. The number of nitrogens with zero attached hydrogens (tertiary/aromatic N) is 2. The summed E-state index contributed by atoms with van der Waals surface area (Å²) < 4.78 is 14.2. The molecule has 2 rings (SSSR count). The van der Waals surface area contributed by atoms with Crippen molar-refractivity contribution >= 4 is 11.6 Å². The summed E-state index contributed by atoms with van der Waals surface area (Å²) in [5.41, 5.74) is -1.59. The van der Waals surface area contributed by atoms with E-state index in [0.29, 0.717) is 0 Å². The van der Waals surface area contributed by atoms with Crippen molar-refractivity contribution in [2.75, 3.05) is 20.1 Å². The van der Waals surface area contributed by atoms with E-state index in [1.807, 2.05) is 7.05 Å². The monoisotopic (exact) mass is 275 g/mol. The maximum atomic E-state index is 13.3. The molecule has 0 aliphatic carbocycles. The van der Waals surface area contributed by atoms with Gasteiger partial charge >= 0.3 is 5.69 Å². The Hall–Kier alpha value is -1.14. The van der Waals surface area contributed by atoms with Crippen LogP contribution in [0, 0.1) is 11.7 Å². The van der Waals surface area contributed by atoms with Gasteiger partial charge < -0.3 is 4.90 Å². The first-order valence-electron chi connectivity index (χ1n) is 5.85. The van der Waals surface area contributed by atoms with Gasteiger partial charge in [-0.2, -0.15) is 4.39 Å². The van der Waals surface area contributed by atoms with Crippen LogP contribution >= 0.6 is 11.6 Å². The fourth-order valence-corrected chi connectivity index (χ4v) is 2.35. The van der Waals surface area contributed by atoms with Crippen LogP contribution in [-0.4, -0.2) is 34.6 Å². The van der Waals surface area contributed by atoms with Crippen LogP contribution in [0.4, 0.5) is 4.39 Å². The molecule has 18 heavy (non-hydrogen) atoms. The van der Waals surface area contributed by atoms with E-state index in [-0.39, 0.29) is 12.5 Å². The van der Waals surface area contributed by atoms with E-state index < -0.39 is 22.2 Å². The molecule has 0 spiro atoms. The molecule has 1 aromatic heterocycles. The van der Waals surface area contributed by atoms with E-state index in [1.165, 1.54) is 0 Å². The van der Waals surface area contributed by atoms with Gasteiger partial charge in [-0.15, -0.1) is 0 Å². The second kappa shape index (κ2) is 5.24. The van der Waals surface area contributed by atoms with Gasteiger partial charge in [0.05, 0.1) is 0 Å². The van der Waals surface area contributed by atoms with E-state index in [1.54, 1.807) is 0 Å². The third-order valence-electron chi connectivity index (χ3n) is 3.37. The van der Waals surface area contributed by atoms with Crippen molar-refractivity contribution in [3.8, 4) is 0 Å². The minimum Gasteiger partial charge on any atom is -0.306 e. The molecular weight excluding hydrogens is 261 g/mol. The number of nitrogens with one attached hydrogen (secondary N) is 1. The SMILES string of the molecule is CN1CCC(Cn2c(=O)[nH]c(Cl)c(F)c2=O)CC1. The van der Waals surface area contributed by atoms with Crippen molar-refractivity contribution in [1.82, 2.24) is 14.5 Å². The maximum Gasteiger partial charge on any atom is 0.329 e. The average molecular weight is 276 g/mol. The molecule has 0 amide bonds. The summed E-state index contributed by atoms with van der Waals surface area (Å²) in [5, 5.41) is -0.523. The molecule has 0 aromatic carbocycles. The zero-order valence-electron chi connectivity index (χ0n) is 10.1. The van der Waals surface area contributed by atoms with Crippen LogP contribution < -0.4 is 11.2 Å². The van der Waals surface area contributed by atoms with Gasteiger partial charge in [-0.25, -0.2) is 4.79 Å². The molecule has 7 heteroatoms. The molecule has 5 nitrogen and oxygen atoms in total. The summed E-state index contributed by atoms with van der Waals surface area (Å²) in [6.45, 7) is 2.09. The first kappa shape index (κ1) is 13.3. The van der Waals surface area contributed by atoms with Crippen LogP contribution in [0.3, 0.4) is 0 Å². The fraction of sp³-hybridized carbons (Fsp3) is 0.636. The molecule has 1 aliphatic heterocycles. The van der Waals surface area contributed by atoms with Crippen LogP contribution in [0.25, 0.3) is 0 Å². The fourth-order valence-electron chi connectivity index (χ4n) is 2.19. The minimum absolute atomic E-state index is 0.223. The predicted octanol–water partition coefficient (Wildman–Crippen LogP) is 0.671. The van der Waals surface area contributed by atoms with E-state index in [4.69, 9.17) is 11.6 Å².